The van der Waals surface area contributed by atoms with Gasteiger partial charge < -0.3 is 4.42 Å². The molecule has 0 aliphatic heterocycles. The predicted octanol–water partition coefficient (Wildman–Crippen LogP) is 4.64. The number of rotatable bonds is 3. The first-order valence-corrected chi connectivity index (χ1v) is 7.95. The van der Waals surface area contributed by atoms with Crippen molar-refractivity contribution in [2.24, 2.45) is 4.99 Å². The van der Waals surface area contributed by atoms with E-state index < -0.39 is 4.92 Å². The van der Waals surface area contributed by atoms with E-state index in [1.54, 1.807) is 12.1 Å². The Bertz CT molecular complexity index is 1150. The molecule has 26 heavy (non-hydrogen) atoms. The Labute approximate surface area is 148 Å². The van der Waals surface area contributed by atoms with Crippen LogP contribution < -0.4 is 5.55 Å². The molecule has 3 aromatic carbocycles. The maximum Gasteiger partial charge on any atom is 0.269 e. The van der Waals surface area contributed by atoms with Gasteiger partial charge in [-0.05, 0) is 36.4 Å². The van der Waals surface area contributed by atoms with E-state index in [4.69, 9.17) is 4.42 Å². The average molecular weight is 343 g/mol. The van der Waals surface area contributed by atoms with Gasteiger partial charge in [0, 0.05) is 17.7 Å². The van der Waals surface area contributed by atoms with Crippen molar-refractivity contribution in [1.82, 2.24) is 4.98 Å². The van der Waals surface area contributed by atoms with Crippen LogP contribution >= 0.6 is 0 Å². The molecule has 0 amide bonds. The summed E-state index contributed by atoms with van der Waals surface area (Å²) in [6.45, 7) is 0. The van der Waals surface area contributed by atoms with Gasteiger partial charge in [0.15, 0.2) is 0 Å². The zero-order chi connectivity index (χ0) is 17.9. The lowest BCUT2D eigenvalue weighted by Gasteiger charge is -2.03. The number of nitro groups is 1. The molecule has 0 aliphatic carbocycles. The fraction of sp³-hybridized carbons (Fsp3) is 0. The van der Waals surface area contributed by atoms with E-state index >= 15 is 0 Å². The Balaban J connectivity index is 1.92. The quantitative estimate of drug-likeness (QED) is 0.401. The standard InChI is InChI=1S/C20H13N3O3/c24-23(25)16-12-10-14(11-13-16)19-22-18-9-5-4-8-17(18)20(26-19)21-15-6-2-1-3-7-15/h1-13H. The molecule has 0 radical (unpaired) electrons. The van der Waals surface area contributed by atoms with Gasteiger partial charge in [-0.25, -0.2) is 9.98 Å². The maximum absolute atomic E-state index is 10.8. The van der Waals surface area contributed by atoms with Crippen molar-refractivity contribution in [3.63, 3.8) is 0 Å². The summed E-state index contributed by atoms with van der Waals surface area (Å²) >= 11 is 0. The topological polar surface area (TPSA) is 81.5 Å². The van der Waals surface area contributed by atoms with Crippen LogP contribution in [0.2, 0.25) is 0 Å². The first kappa shape index (κ1) is 15.7. The van der Waals surface area contributed by atoms with Gasteiger partial charge >= 0.3 is 0 Å². The van der Waals surface area contributed by atoms with Crippen LogP contribution in [0.5, 0.6) is 0 Å². The molecular formula is C20H13N3O3. The Hall–Kier alpha value is -3.80. The Morgan fingerprint density at radius 1 is 0.885 bits per heavy atom. The lowest BCUT2D eigenvalue weighted by Crippen LogP contribution is -2.05. The van der Waals surface area contributed by atoms with Crippen molar-refractivity contribution >= 4 is 22.3 Å². The monoisotopic (exact) mass is 343 g/mol. The fourth-order valence-electron chi connectivity index (χ4n) is 2.58. The summed E-state index contributed by atoms with van der Waals surface area (Å²) < 4.78 is 5.93. The number of hydrogen-bond donors (Lipinski definition) is 0. The summed E-state index contributed by atoms with van der Waals surface area (Å²) in [6.07, 6.45) is 0. The van der Waals surface area contributed by atoms with Crippen LogP contribution in [0.4, 0.5) is 11.4 Å². The van der Waals surface area contributed by atoms with Crippen LogP contribution in [0, 0.1) is 10.1 Å². The molecule has 0 atom stereocenters. The zero-order valence-electron chi connectivity index (χ0n) is 13.6. The number of nitro benzene ring substituents is 1. The smallest absolute Gasteiger partial charge is 0.269 e. The van der Waals surface area contributed by atoms with Gasteiger partial charge in [-0.15, -0.1) is 0 Å². The number of aromatic nitrogens is 1. The normalized spacial score (nSPS) is 11.6. The van der Waals surface area contributed by atoms with Gasteiger partial charge in [0.2, 0.25) is 11.4 Å². The summed E-state index contributed by atoms with van der Waals surface area (Å²) in [5, 5.41) is 11.6. The minimum absolute atomic E-state index is 0.0173. The molecule has 126 valence electrons. The average Bonchev–Trinajstić information content (AvgIpc) is 2.69. The molecule has 1 aromatic heterocycles. The molecule has 4 aromatic rings. The summed E-state index contributed by atoms with van der Waals surface area (Å²) in [5.41, 5.74) is 2.61. The predicted molar refractivity (Wildman–Crippen MR) is 97.8 cm³/mol. The molecule has 0 saturated carbocycles. The lowest BCUT2D eigenvalue weighted by molar-refractivity contribution is -0.384. The Morgan fingerprint density at radius 2 is 1.58 bits per heavy atom. The second-order valence-electron chi connectivity index (χ2n) is 5.59. The van der Waals surface area contributed by atoms with E-state index in [-0.39, 0.29) is 5.69 Å². The largest absolute Gasteiger partial charge is 0.419 e. The van der Waals surface area contributed by atoms with Gasteiger partial charge in [-0.2, -0.15) is 0 Å². The van der Waals surface area contributed by atoms with Gasteiger partial charge in [0.1, 0.15) is 0 Å². The minimum atomic E-state index is -0.440. The first-order valence-electron chi connectivity index (χ1n) is 7.95. The molecule has 4 rings (SSSR count). The third-order valence-electron chi connectivity index (χ3n) is 3.86. The van der Waals surface area contributed by atoms with E-state index in [9.17, 15) is 10.1 Å². The third-order valence-corrected chi connectivity index (χ3v) is 3.86. The van der Waals surface area contributed by atoms with E-state index in [0.717, 1.165) is 16.6 Å². The minimum Gasteiger partial charge on any atom is -0.419 e. The summed E-state index contributed by atoms with van der Waals surface area (Å²) in [4.78, 5) is 19.5. The molecule has 0 saturated heterocycles. The number of fused-ring (bicyclic) bond motifs is 1. The van der Waals surface area contributed by atoms with E-state index in [0.29, 0.717) is 17.0 Å². The SMILES string of the molecule is O=[N+]([O-])c1ccc(-c2nc3ccccc3c(=Nc3ccccc3)o2)cc1. The second-order valence-corrected chi connectivity index (χ2v) is 5.59. The highest BCUT2D eigenvalue weighted by Crippen LogP contribution is 2.22. The first-order chi connectivity index (χ1) is 12.7. The van der Waals surface area contributed by atoms with E-state index in [1.807, 2.05) is 54.6 Å². The highest BCUT2D eigenvalue weighted by atomic mass is 16.6. The van der Waals surface area contributed by atoms with Crippen molar-refractivity contribution in [2.75, 3.05) is 0 Å². The fourth-order valence-corrected chi connectivity index (χ4v) is 2.58. The molecule has 1 heterocycles. The van der Waals surface area contributed by atoms with Crippen molar-refractivity contribution in [1.29, 1.82) is 0 Å². The maximum atomic E-state index is 10.8. The number of non-ortho nitro benzene ring substituents is 1. The molecule has 0 fully saturated rings. The summed E-state index contributed by atoms with van der Waals surface area (Å²) in [7, 11) is 0. The molecule has 0 spiro atoms. The molecular weight excluding hydrogens is 330 g/mol. The van der Waals surface area contributed by atoms with Crippen LogP contribution in [-0.4, -0.2) is 9.91 Å². The highest BCUT2D eigenvalue weighted by molar-refractivity contribution is 5.78. The molecule has 0 bridgehead atoms. The van der Waals surface area contributed by atoms with Crippen LogP contribution in [0.1, 0.15) is 0 Å². The van der Waals surface area contributed by atoms with Crippen molar-refractivity contribution in [3.05, 3.63) is 94.5 Å². The van der Waals surface area contributed by atoms with Gasteiger partial charge in [-0.3, -0.25) is 10.1 Å². The Morgan fingerprint density at radius 3 is 2.31 bits per heavy atom. The Kier molecular flexibility index (Phi) is 3.99. The molecule has 0 aliphatic rings. The lowest BCUT2D eigenvalue weighted by atomic mass is 10.2. The van der Waals surface area contributed by atoms with Gasteiger partial charge in [0.05, 0.1) is 21.5 Å². The zero-order valence-corrected chi connectivity index (χ0v) is 13.6. The van der Waals surface area contributed by atoms with Crippen molar-refractivity contribution in [3.8, 4) is 11.5 Å². The van der Waals surface area contributed by atoms with Gasteiger partial charge in [-0.1, -0.05) is 30.3 Å². The van der Waals surface area contributed by atoms with E-state index in [2.05, 4.69) is 9.98 Å². The molecule has 6 nitrogen and oxygen atoms in total. The molecule has 6 heteroatoms. The number of benzene rings is 3. The third kappa shape index (κ3) is 3.08. The van der Waals surface area contributed by atoms with Crippen molar-refractivity contribution < 1.29 is 9.34 Å². The summed E-state index contributed by atoms with van der Waals surface area (Å²) in [5.74, 6) is 0.355. The molecule has 0 N–H and O–H groups in total. The van der Waals surface area contributed by atoms with Crippen LogP contribution in [0.3, 0.4) is 0 Å². The van der Waals surface area contributed by atoms with E-state index in [1.165, 1.54) is 12.1 Å². The van der Waals surface area contributed by atoms with Gasteiger partial charge in [0.25, 0.3) is 5.69 Å². The summed E-state index contributed by atoms with van der Waals surface area (Å²) in [6, 6.07) is 23.1. The number of para-hydroxylation sites is 2. The number of nitrogens with zero attached hydrogens (tertiary/aromatic N) is 3. The molecule has 0 unspecified atom stereocenters. The van der Waals surface area contributed by atoms with Crippen LogP contribution in [0.25, 0.3) is 22.4 Å². The number of hydrogen-bond acceptors (Lipinski definition) is 5. The van der Waals surface area contributed by atoms with Crippen LogP contribution in [-0.2, 0) is 0 Å². The van der Waals surface area contributed by atoms with Crippen LogP contribution in [0.15, 0.2) is 88.3 Å². The van der Waals surface area contributed by atoms with Crippen molar-refractivity contribution in [2.45, 2.75) is 0 Å². The highest BCUT2D eigenvalue weighted by Gasteiger charge is 2.10. The second kappa shape index (κ2) is 6.60.